The predicted octanol–water partition coefficient (Wildman–Crippen LogP) is 4.97. The molecule has 2 heterocycles. The van der Waals surface area contributed by atoms with Crippen molar-refractivity contribution in [3.63, 3.8) is 0 Å². The molecule has 4 aromatic rings. The van der Waals surface area contributed by atoms with Gasteiger partial charge in [-0.1, -0.05) is 18.2 Å². The van der Waals surface area contributed by atoms with E-state index in [2.05, 4.69) is 4.90 Å². The Morgan fingerprint density at radius 3 is 2.42 bits per heavy atom. The molecule has 0 unspecified atom stereocenters. The van der Waals surface area contributed by atoms with Crippen LogP contribution in [0.2, 0.25) is 0 Å². The lowest BCUT2D eigenvalue weighted by atomic mass is 10.2. The first-order chi connectivity index (χ1) is 17.6. The highest BCUT2D eigenvalue weighted by Gasteiger charge is 2.23. The molecule has 2 aromatic heterocycles. The third kappa shape index (κ3) is 6.54. The maximum atomic E-state index is 10.6. The molecular formula is C28H33N3O5. The van der Waals surface area contributed by atoms with E-state index in [1.165, 1.54) is 0 Å². The van der Waals surface area contributed by atoms with Gasteiger partial charge in [-0.05, 0) is 62.4 Å². The van der Waals surface area contributed by atoms with Crippen molar-refractivity contribution in [3.05, 3.63) is 90.0 Å². The summed E-state index contributed by atoms with van der Waals surface area (Å²) < 4.78 is 24.6. The summed E-state index contributed by atoms with van der Waals surface area (Å²) in [5.41, 5.74) is 2.65. The van der Waals surface area contributed by atoms with Crippen LogP contribution < -0.4 is 9.47 Å². The lowest BCUT2D eigenvalue weighted by molar-refractivity contribution is 0.0166. The van der Waals surface area contributed by atoms with Crippen molar-refractivity contribution < 1.29 is 23.7 Å². The maximum Gasteiger partial charge on any atom is 0.227 e. The molecule has 0 aliphatic rings. The van der Waals surface area contributed by atoms with Gasteiger partial charge in [-0.2, -0.15) is 5.10 Å². The average molecular weight is 492 g/mol. The van der Waals surface area contributed by atoms with Crippen LogP contribution in [0.25, 0.3) is 5.69 Å². The summed E-state index contributed by atoms with van der Waals surface area (Å²) in [5, 5.41) is 15.4. The van der Waals surface area contributed by atoms with Crippen molar-refractivity contribution in [1.82, 2.24) is 14.7 Å². The van der Waals surface area contributed by atoms with E-state index in [4.69, 9.17) is 23.7 Å². The fourth-order valence-electron chi connectivity index (χ4n) is 3.96. The van der Waals surface area contributed by atoms with Gasteiger partial charge in [0.05, 0.1) is 49.6 Å². The third-order valence-corrected chi connectivity index (χ3v) is 5.74. The SMILES string of the molecule is CCOC[C@@H](O)CN(Cc1ccco1)Cc1c(C)nn(-c2ccccc2)c1Oc1ccc(OC)cc1. The largest absolute Gasteiger partial charge is 0.497 e. The van der Waals surface area contributed by atoms with Gasteiger partial charge >= 0.3 is 0 Å². The van der Waals surface area contributed by atoms with Gasteiger partial charge in [-0.15, -0.1) is 0 Å². The summed E-state index contributed by atoms with van der Waals surface area (Å²) in [4.78, 5) is 2.11. The highest BCUT2D eigenvalue weighted by molar-refractivity contribution is 5.44. The summed E-state index contributed by atoms with van der Waals surface area (Å²) in [7, 11) is 1.63. The van der Waals surface area contributed by atoms with Crippen molar-refractivity contribution in [2.45, 2.75) is 33.0 Å². The molecule has 8 heteroatoms. The number of hydrogen-bond acceptors (Lipinski definition) is 7. The molecule has 0 saturated heterocycles. The number of nitrogens with zero attached hydrogens (tertiary/aromatic N) is 3. The number of rotatable bonds is 13. The van der Waals surface area contributed by atoms with Crippen molar-refractivity contribution in [1.29, 1.82) is 0 Å². The molecule has 0 aliphatic heterocycles. The molecule has 2 aromatic carbocycles. The van der Waals surface area contributed by atoms with E-state index in [1.807, 2.05) is 85.3 Å². The molecule has 8 nitrogen and oxygen atoms in total. The first kappa shape index (κ1) is 25.5. The minimum atomic E-state index is -0.643. The molecule has 190 valence electrons. The summed E-state index contributed by atoms with van der Waals surface area (Å²) in [6.45, 7) is 6.12. The normalized spacial score (nSPS) is 12.1. The Hall–Kier alpha value is -3.59. The van der Waals surface area contributed by atoms with Crippen LogP contribution in [0.15, 0.2) is 77.4 Å². The van der Waals surface area contributed by atoms with Crippen LogP contribution in [0.3, 0.4) is 0 Å². The highest BCUT2D eigenvalue weighted by atomic mass is 16.5. The molecule has 36 heavy (non-hydrogen) atoms. The predicted molar refractivity (Wildman–Crippen MR) is 137 cm³/mol. The molecule has 0 aliphatic carbocycles. The number of hydrogen-bond donors (Lipinski definition) is 1. The zero-order valence-corrected chi connectivity index (χ0v) is 21.0. The van der Waals surface area contributed by atoms with Gasteiger partial charge in [0.2, 0.25) is 5.88 Å². The summed E-state index contributed by atoms with van der Waals surface area (Å²) in [5.74, 6) is 2.85. The summed E-state index contributed by atoms with van der Waals surface area (Å²) >= 11 is 0. The molecule has 4 rings (SSSR count). The molecule has 0 spiro atoms. The Bertz CT molecular complexity index is 1190. The van der Waals surface area contributed by atoms with Crippen molar-refractivity contribution in [3.8, 4) is 23.1 Å². The zero-order valence-electron chi connectivity index (χ0n) is 21.0. The fourth-order valence-corrected chi connectivity index (χ4v) is 3.96. The molecule has 0 amide bonds. The number of aromatic nitrogens is 2. The molecule has 0 saturated carbocycles. The molecule has 0 bridgehead atoms. The third-order valence-electron chi connectivity index (χ3n) is 5.74. The van der Waals surface area contributed by atoms with E-state index < -0.39 is 6.10 Å². The van der Waals surface area contributed by atoms with Crippen LogP contribution in [0.5, 0.6) is 17.4 Å². The van der Waals surface area contributed by atoms with Gasteiger partial charge < -0.3 is 23.7 Å². The number of benzene rings is 2. The van der Waals surface area contributed by atoms with Crippen LogP contribution in [0, 0.1) is 6.92 Å². The number of ether oxygens (including phenoxy) is 3. The van der Waals surface area contributed by atoms with E-state index in [0.717, 1.165) is 28.5 Å². The van der Waals surface area contributed by atoms with Crippen molar-refractivity contribution >= 4 is 0 Å². The Morgan fingerprint density at radius 1 is 1.00 bits per heavy atom. The number of methoxy groups -OCH3 is 1. The summed E-state index contributed by atoms with van der Waals surface area (Å²) in [6.07, 6.45) is 1.01. The van der Waals surface area contributed by atoms with Crippen molar-refractivity contribution in [2.75, 3.05) is 26.9 Å². The Kier molecular flexibility index (Phi) is 8.78. The standard InChI is InChI=1S/C28H33N3O5/c1-4-34-20-23(32)17-30(18-26-11-8-16-35-26)19-27-21(2)29-31(22-9-6-5-7-10-22)28(27)36-25-14-12-24(33-3)13-15-25/h5-16,23,32H,4,17-20H2,1-3H3/t23-/m0/s1. The van der Waals surface area contributed by atoms with E-state index in [1.54, 1.807) is 13.4 Å². The number of aryl methyl sites for hydroxylation is 1. The van der Waals surface area contributed by atoms with Gasteiger partial charge in [0.15, 0.2) is 0 Å². The Labute approximate surface area is 211 Å². The number of para-hydroxylation sites is 1. The van der Waals surface area contributed by atoms with Crippen LogP contribution in [0.4, 0.5) is 0 Å². The van der Waals surface area contributed by atoms with Gasteiger partial charge in [-0.25, -0.2) is 4.68 Å². The van der Waals surface area contributed by atoms with E-state index in [9.17, 15) is 5.11 Å². The van der Waals surface area contributed by atoms with Gasteiger partial charge in [-0.3, -0.25) is 4.90 Å². The van der Waals surface area contributed by atoms with Crippen LogP contribution in [0.1, 0.15) is 23.9 Å². The number of aliphatic hydroxyl groups is 1. The van der Waals surface area contributed by atoms with E-state index in [0.29, 0.717) is 37.9 Å². The topological polar surface area (TPSA) is 82.1 Å². The van der Waals surface area contributed by atoms with Crippen molar-refractivity contribution in [2.24, 2.45) is 0 Å². The minimum absolute atomic E-state index is 0.266. The summed E-state index contributed by atoms with van der Waals surface area (Å²) in [6, 6.07) is 21.1. The molecule has 1 atom stereocenters. The second kappa shape index (κ2) is 12.4. The molecule has 1 N–H and O–H groups in total. The van der Waals surface area contributed by atoms with Gasteiger partial charge in [0.25, 0.3) is 0 Å². The smallest absolute Gasteiger partial charge is 0.227 e. The lowest BCUT2D eigenvalue weighted by Crippen LogP contribution is -2.34. The number of furan rings is 1. The zero-order chi connectivity index (χ0) is 25.3. The van der Waals surface area contributed by atoms with Crippen LogP contribution >= 0.6 is 0 Å². The first-order valence-corrected chi connectivity index (χ1v) is 12.0. The second-order valence-corrected chi connectivity index (χ2v) is 8.46. The van der Waals surface area contributed by atoms with Crippen LogP contribution in [-0.4, -0.2) is 52.8 Å². The second-order valence-electron chi connectivity index (χ2n) is 8.46. The first-order valence-electron chi connectivity index (χ1n) is 12.0. The monoisotopic (exact) mass is 491 g/mol. The Morgan fingerprint density at radius 2 is 1.75 bits per heavy atom. The quantitative estimate of drug-likeness (QED) is 0.283. The number of aliphatic hydroxyl groups excluding tert-OH is 1. The Balaban J connectivity index is 1.68. The minimum Gasteiger partial charge on any atom is -0.497 e. The lowest BCUT2D eigenvalue weighted by Gasteiger charge is -2.24. The molecule has 0 fully saturated rings. The van der Waals surface area contributed by atoms with Crippen LogP contribution in [-0.2, 0) is 17.8 Å². The average Bonchev–Trinajstić information content (AvgIpc) is 3.52. The van der Waals surface area contributed by atoms with Gasteiger partial charge in [0.1, 0.15) is 17.3 Å². The van der Waals surface area contributed by atoms with E-state index >= 15 is 0 Å². The highest BCUT2D eigenvalue weighted by Crippen LogP contribution is 2.32. The van der Waals surface area contributed by atoms with E-state index in [-0.39, 0.29) is 6.61 Å². The maximum absolute atomic E-state index is 10.6. The molecular weight excluding hydrogens is 458 g/mol. The van der Waals surface area contributed by atoms with Gasteiger partial charge in [0, 0.05) is 19.7 Å². The fraction of sp³-hybridized carbons (Fsp3) is 0.321. The molecule has 0 radical (unpaired) electrons.